The third-order valence-electron chi connectivity index (χ3n) is 3.53. The number of halogens is 2. The Labute approximate surface area is 153 Å². The molecule has 1 atom stereocenters. The lowest BCUT2D eigenvalue weighted by molar-refractivity contribution is 0.194. The average molecular weight is 380 g/mol. The molecule has 0 bridgehead atoms. The molecule has 25 heavy (non-hydrogen) atoms. The second kappa shape index (κ2) is 7.16. The van der Waals surface area contributed by atoms with Gasteiger partial charge in [-0.25, -0.2) is 14.8 Å². The van der Waals surface area contributed by atoms with Gasteiger partial charge >= 0.3 is 6.09 Å². The van der Waals surface area contributed by atoms with E-state index in [0.29, 0.717) is 27.3 Å². The molecule has 0 radical (unpaired) electrons. The summed E-state index contributed by atoms with van der Waals surface area (Å²) >= 11 is 12.2. The molecule has 1 unspecified atom stereocenters. The van der Waals surface area contributed by atoms with Gasteiger partial charge in [0.15, 0.2) is 0 Å². The fourth-order valence-electron chi connectivity index (χ4n) is 2.37. The molecule has 1 aromatic carbocycles. The number of amides is 1. The molecule has 3 aromatic rings. The first-order chi connectivity index (χ1) is 11.9. The third kappa shape index (κ3) is 3.94. The Morgan fingerprint density at radius 1 is 1.36 bits per heavy atom. The SMILES string of the molecule is CC(CNC(=O)O)Nc1nc(-c2ccc(Cl)cc2Cl)cc2nccn12. The highest BCUT2D eigenvalue weighted by molar-refractivity contribution is 6.36. The van der Waals surface area contributed by atoms with Gasteiger partial charge in [0.05, 0.1) is 10.7 Å². The lowest BCUT2D eigenvalue weighted by Gasteiger charge is -2.16. The lowest BCUT2D eigenvalue weighted by atomic mass is 10.1. The second-order valence-corrected chi connectivity index (χ2v) is 6.32. The van der Waals surface area contributed by atoms with Crippen molar-refractivity contribution < 1.29 is 9.90 Å². The number of anilines is 1. The number of hydrogen-bond acceptors (Lipinski definition) is 4. The Bertz CT molecular complexity index is 928. The van der Waals surface area contributed by atoms with E-state index in [4.69, 9.17) is 28.3 Å². The van der Waals surface area contributed by atoms with Crippen LogP contribution in [0.5, 0.6) is 0 Å². The van der Waals surface area contributed by atoms with Crippen molar-refractivity contribution in [3.63, 3.8) is 0 Å². The fourth-order valence-corrected chi connectivity index (χ4v) is 2.88. The number of rotatable bonds is 5. The highest BCUT2D eigenvalue weighted by Gasteiger charge is 2.13. The summed E-state index contributed by atoms with van der Waals surface area (Å²) in [5, 5.41) is 15.3. The van der Waals surface area contributed by atoms with E-state index in [1.807, 2.05) is 13.0 Å². The molecule has 3 rings (SSSR count). The van der Waals surface area contributed by atoms with Crippen LogP contribution in [-0.2, 0) is 0 Å². The maximum absolute atomic E-state index is 10.6. The number of aromatic nitrogens is 3. The Hall–Kier alpha value is -2.51. The minimum atomic E-state index is -1.07. The molecule has 9 heteroatoms. The standard InChI is InChI=1S/C16H15Cl2N5O2/c1-9(8-20-16(24)25)21-15-22-13(7-14-19-4-5-23(14)15)11-3-2-10(17)6-12(11)18/h2-7,9,20H,8H2,1H3,(H,21,22)(H,24,25). The average Bonchev–Trinajstić information content (AvgIpc) is 3.01. The van der Waals surface area contributed by atoms with E-state index in [1.165, 1.54) is 0 Å². The summed E-state index contributed by atoms with van der Waals surface area (Å²) in [6.45, 7) is 2.08. The lowest BCUT2D eigenvalue weighted by Crippen LogP contribution is -2.34. The molecule has 7 nitrogen and oxygen atoms in total. The number of imidazole rings is 1. The number of carboxylic acid groups (broad SMARTS) is 1. The zero-order valence-corrected chi connectivity index (χ0v) is 14.7. The van der Waals surface area contributed by atoms with Gasteiger partial charge in [0, 0.05) is 41.6 Å². The van der Waals surface area contributed by atoms with Crippen molar-refractivity contribution in [1.29, 1.82) is 0 Å². The monoisotopic (exact) mass is 379 g/mol. The first kappa shape index (κ1) is 17.3. The van der Waals surface area contributed by atoms with Gasteiger partial charge in [-0.3, -0.25) is 4.40 Å². The van der Waals surface area contributed by atoms with Crippen LogP contribution in [0.15, 0.2) is 36.7 Å². The second-order valence-electron chi connectivity index (χ2n) is 5.48. The molecule has 0 aliphatic heterocycles. The Kier molecular flexibility index (Phi) is 4.96. The van der Waals surface area contributed by atoms with Crippen LogP contribution >= 0.6 is 23.2 Å². The molecule has 2 aromatic heterocycles. The number of carbonyl (C=O) groups is 1. The zero-order chi connectivity index (χ0) is 18.0. The minimum Gasteiger partial charge on any atom is -0.465 e. The van der Waals surface area contributed by atoms with Crippen LogP contribution in [0.3, 0.4) is 0 Å². The molecule has 0 spiro atoms. The Morgan fingerprint density at radius 2 is 2.16 bits per heavy atom. The summed E-state index contributed by atoms with van der Waals surface area (Å²) in [6, 6.07) is 6.84. The van der Waals surface area contributed by atoms with Crippen LogP contribution in [0.4, 0.5) is 10.7 Å². The first-order valence-corrected chi connectivity index (χ1v) is 8.22. The summed E-state index contributed by atoms with van der Waals surface area (Å²) in [7, 11) is 0. The van der Waals surface area contributed by atoms with Crippen LogP contribution in [-0.4, -0.2) is 38.2 Å². The maximum atomic E-state index is 10.6. The Balaban J connectivity index is 1.97. The van der Waals surface area contributed by atoms with Crippen molar-refractivity contribution >= 4 is 40.9 Å². The van der Waals surface area contributed by atoms with Gasteiger partial charge in [-0.2, -0.15) is 0 Å². The topological polar surface area (TPSA) is 91.5 Å². The van der Waals surface area contributed by atoms with Crippen LogP contribution in [0.2, 0.25) is 10.0 Å². The molecule has 0 saturated heterocycles. The van der Waals surface area contributed by atoms with Crippen LogP contribution < -0.4 is 10.6 Å². The first-order valence-electron chi connectivity index (χ1n) is 7.47. The van der Waals surface area contributed by atoms with E-state index in [1.54, 1.807) is 35.0 Å². The van der Waals surface area contributed by atoms with Crippen molar-refractivity contribution in [2.24, 2.45) is 0 Å². The number of benzene rings is 1. The summed E-state index contributed by atoms with van der Waals surface area (Å²) in [4.78, 5) is 19.5. The molecule has 130 valence electrons. The summed E-state index contributed by atoms with van der Waals surface area (Å²) in [5.74, 6) is 0.538. The smallest absolute Gasteiger partial charge is 0.404 e. The molecular formula is C16H15Cl2N5O2. The highest BCUT2D eigenvalue weighted by atomic mass is 35.5. The van der Waals surface area contributed by atoms with Gasteiger partial charge in [-0.1, -0.05) is 23.2 Å². The molecule has 0 fully saturated rings. The minimum absolute atomic E-state index is 0.176. The van der Waals surface area contributed by atoms with Crippen LogP contribution in [0.25, 0.3) is 16.9 Å². The molecule has 0 saturated carbocycles. The van der Waals surface area contributed by atoms with E-state index in [2.05, 4.69) is 20.6 Å². The predicted molar refractivity (Wildman–Crippen MR) is 97.6 cm³/mol. The van der Waals surface area contributed by atoms with Crippen molar-refractivity contribution in [3.05, 3.63) is 46.7 Å². The fraction of sp³-hybridized carbons (Fsp3) is 0.188. The van der Waals surface area contributed by atoms with E-state index >= 15 is 0 Å². The van der Waals surface area contributed by atoms with Crippen molar-refractivity contribution in [3.8, 4) is 11.3 Å². The molecule has 3 N–H and O–H groups in total. The number of fused-ring (bicyclic) bond motifs is 1. The van der Waals surface area contributed by atoms with Gasteiger partial charge in [-0.15, -0.1) is 0 Å². The van der Waals surface area contributed by atoms with Crippen molar-refractivity contribution in [2.75, 3.05) is 11.9 Å². The van der Waals surface area contributed by atoms with Crippen LogP contribution in [0.1, 0.15) is 6.92 Å². The van der Waals surface area contributed by atoms with E-state index in [9.17, 15) is 4.79 Å². The maximum Gasteiger partial charge on any atom is 0.404 e. The van der Waals surface area contributed by atoms with Gasteiger partial charge in [0.1, 0.15) is 5.65 Å². The van der Waals surface area contributed by atoms with E-state index in [-0.39, 0.29) is 12.6 Å². The Morgan fingerprint density at radius 3 is 2.88 bits per heavy atom. The zero-order valence-electron chi connectivity index (χ0n) is 13.2. The van der Waals surface area contributed by atoms with Crippen LogP contribution in [0, 0.1) is 0 Å². The van der Waals surface area contributed by atoms with Gasteiger partial charge in [0.25, 0.3) is 0 Å². The molecular weight excluding hydrogens is 365 g/mol. The summed E-state index contributed by atoms with van der Waals surface area (Å²) < 4.78 is 1.78. The summed E-state index contributed by atoms with van der Waals surface area (Å²) in [6.07, 6.45) is 2.36. The molecule has 1 amide bonds. The van der Waals surface area contributed by atoms with Gasteiger partial charge in [0.2, 0.25) is 5.95 Å². The van der Waals surface area contributed by atoms with Gasteiger partial charge in [-0.05, 0) is 25.1 Å². The largest absolute Gasteiger partial charge is 0.465 e. The predicted octanol–water partition coefficient (Wildman–Crippen LogP) is 3.77. The van der Waals surface area contributed by atoms with Crippen molar-refractivity contribution in [1.82, 2.24) is 19.7 Å². The highest BCUT2D eigenvalue weighted by Crippen LogP contribution is 2.30. The number of nitrogens with zero attached hydrogens (tertiary/aromatic N) is 3. The quantitative estimate of drug-likeness (QED) is 0.627. The van der Waals surface area contributed by atoms with Crippen molar-refractivity contribution in [2.45, 2.75) is 13.0 Å². The normalized spacial score (nSPS) is 12.1. The summed E-state index contributed by atoms with van der Waals surface area (Å²) in [5.41, 5.74) is 2.06. The third-order valence-corrected chi connectivity index (χ3v) is 4.08. The van der Waals surface area contributed by atoms with Gasteiger partial charge < -0.3 is 15.7 Å². The van der Waals surface area contributed by atoms with E-state index < -0.39 is 6.09 Å². The molecule has 2 heterocycles. The molecule has 0 aliphatic rings. The van der Waals surface area contributed by atoms with E-state index in [0.717, 1.165) is 5.56 Å². The number of nitrogens with one attached hydrogen (secondary N) is 2. The molecule has 0 aliphatic carbocycles. The number of hydrogen-bond donors (Lipinski definition) is 3.